The van der Waals surface area contributed by atoms with Crippen molar-refractivity contribution in [1.29, 1.82) is 0 Å². The minimum atomic E-state index is -0.283. The summed E-state index contributed by atoms with van der Waals surface area (Å²) in [7, 11) is 0. The molecule has 0 bridgehead atoms. The Labute approximate surface area is 111 Å². The number of nitrogens with zero attached hydrogens (tertiary/aromatic N) is 1. The van der Waals surface area contributed by atoms with E-state index in [1.807, 2.05) is 11.6 Å². The van der Waals surface area contributed by atoms with Gasteiger partial charge in [-0.25, -0.2) is 4.98 Å². The van der Waals surface area contributed by atoms with Crippen LogP contribution in [-0.4, -0.2) is 10.1 Å². The molecule has 0 fully saturated rings. The number of thiazole rings is 1. The molecule has 2 aromatic rings. The van der Waals surface area contributed by atoms with Crippen LogP contribution in [0.3, 0.4) is 0 Å². The standard InChI is InChI=1S/C15H17NOS/c1-10-14(18-9-16-10)7-6-12-8-11-4-2-3-5-13(11)15(12)17/h2-5,9,12,15,17H,6-8H2,1H3. The minimum absolute atomic E-state index is 0.283. The van der Waals surface area contributed by atoms with Crippen molar-refractivity contribution in [2.45, 2.75) is 32.3 Å². The maximum absolute atomic E-state index is 10.3. The third kappa shape index (κ3) is 2.08. The van der Waals surface area contributed by atoms with Crippen LogP contribution in [0.25, 0.3) is 0 Å². The first-order valence-electron chi connectivity index (χ1n) is 6.40. The Hall–Kier alpha value is -1.19. The van der Waals surface area contributed by atoms with E-state index in [0.29, 0.717) is 5.92 Å². The van der Waals surface area contributed by atoms with Crippen molar-refractivity contribution in [3.05, 3.63) is 51.5 Å². The molecule has 0 saturated heterocycles. The first-order chi connectivity index (χ1) is 8.75. The van der Waals surface area contributed by atoms with Gasteiger partial charge in [0, 0.05) is 4.88 Å². The third-order valence-corrected chi connectivity index (χ3v) is 4.88. The Balaban J connectivity index is 1.68. The molecule has 3 rings (SSSR count). The molecule has 2 atom stereocenters. The Bertz CT molecular complexity index is 549. The molecule has 0 spiro atoms. The van der Waals surface area contributed by atoms with E-state index in [1.54, 1.807) is 11.3 Å². The van der Waals surface area contributed by atoms with Crippen LogP contribution in [0.2, 0.25) is 0 Å². The highest BCUT2D eigenvalue weighted by atomic mass is 32.1. The average Bonchev–Trinajstić information content (AvgIpc) is 2.92. The lowest BCUT2D eigenvalue weighted by molar-refractivity contribution is 0.118. The van der Waals surface area contributed by atoms with Crippen molar-refractivity contribution in [3.63, 3.8) is 0 Å². The number of hydrogen-bond acceptors (Lipinski definition) is 3. The second-order valence-corrected chi connectivity index (χ2v) is 5.95. The van der Waals surface area contributed by atoms with Gasteiger partial charge in [-0.1, -0.05) is 24.3 Å². The fourth-order valence-corrected chi connectivity index (χ4v) is 3.60. The fraction of sp³-hybridized carbons (Fsp3) is 0.400. The number of hydrogen-bond donors (Lipinski definition) is 1. The molecular weight excluding hydrogens is 242 g/mol. The van der Waals surface area contributed by atoms with E-state index in [4.69, 9.17) is 0 Å². The second kappa shape index (κ2) is 4.82. The zero-order valence-electron chi connectivity index (χ0n) is 10.5. The average molecular weight is 259 g/mol. The van der Waals surface area contributed by atoms with Gasteiger partial charge in [0.15, 0.2) is 0 Å². The number of aryl methyl sites for hydroxylation is 2. The summed E-state index contributed by atoms with van der Waals surface area (Å²) in [5.41, 5.74) is 5.49. The first-order valence-corrected chi connectivity index (χ1v) is 7.28. The highest BCUT2D eigenvalue weighted by molar-refractivity contribution is 7.09. The zero-order valence-corrected chi connectivity index (χ0v) is 11.3. The molecule has 0 radical (unpaired) electrons. The number of rotatable bonds is 3. The predicted molar refractivity (Wildman–Crippen MR) is 73.8 cm³/mol. The molecule has 2 unspecified atom stereocenters. The molecule has 0 saturated carbocycles. The zero-order chi connectivity index (χ0) is 12.5. The summed E-state index contributed by atoms with van der Waals surface area (Å²) in [4.78, 5) is 5.64. The van der Waals surface area contributed by atoms with E-state index in [-0.39, 0.29) is 6.10 Å². The van der Waals surface area contributed by atoms with E-state index >= 15 is 0 Å². The molecule has 1 aliphatic rings. The monoisotopic (exact) mass is 259 g/mol. The van der Waals surface area contributed by atoms with E-state index in [2.05, 4.69) is 30.1 Å². The van der Waals surface area contributed by atoms with E-state index in [9.17, 15) is 5.11 Å². The highest BCUT2D eigenvalue weighted by Gasteiger charge is 2.30. The van der Waals surface area contributed by atoms with Gasteiger partial charge in [-0.05, 0) is 43.2 Å². The Morgan fingerprint density at radius 2 is 2.22 bits per heavy atom. The van der Waals surface area contributed by atoms with Crippen molar-refractivity contribution in [2.24, 2.45) is 5.92 Å². The van der Waals surface area contributed by atoms with Crippen molar-refractivity contribution >= 4 is 11.3 Å². The molecular formula is C15H17NOS. The van der Waals surface area contributed by atoms with Gasteiger partial charge in [-0.2, -0.15) is 0 Å². The molecule has 0 aliphatic heterocycles. The van der Waals surface area contributed by atoms with Gasteiger partial charge in [0.2, 0.25) is 0 Å². The maximum atomic E-state index is 10.3. The summed E-state index contributed by atoms with van der Waals surface area (Å²) < 4.78 is 0. The Kier molecular flexibility index (Phi) is 3.18. The van der Waals surface area contributed by atoms with Gasteiger partial charge in [0.05, 0.1) is 17.3 Å². The predicted octanol–water partition coefficient (Wildman–Crippen LogP) is 3.29. The van der Waals surface area contributed by atoms with E-state index in [1.165, 1.54) is 10.4 Å². The van der Waals surface area contributed by atoms with Crippen LogP contribution in [0.5, 0.6) is 0 Å². The van der Waals surface area contributed by atoms with Crippen molar-refractivity contribution in [1.82, 2.24) is 4.98 Å². The summed E-state index contributed by atoms with van der Waals surface area (Å²) in [5.74, 6) is 0.365. The first kappa shape index (κ1) is 11.9. The lowest BCUT2D eigenvalue weighted by Crippen LogP contribution is -2.08. The number of aromatic nitrogens is 1. The Morgan fingerprint density at radius 3 is 2.94 bits per heavy atom. The topological polar surface area (TPSA) is 33.1 Å². The van der Waals surface area contributed by atoms with Gasteiger partial charge >= 0.3 is 0 Å². The molecule has 1 aliphatic carbocycles. The summed E-state index contributed by atoms with van der Waals surface area (Å²) >= 11 is 1.73. The third-order valence-electron chi connectivity index (χ3n) is 3.89. The molecule has 1 aromatic heterocycles. The molecule has 18 heavy (non-hydrogen) atoms. The SMILES string of the molecule is Cc1ncsc1CCC1Cc2ccccc2C1O. The second-order valence-electron chi connectivity index (χ2n) is 5.01. The number of aliphatic hydroxyl groups excluding tert-OH is 1. The van der Waals surface area contributed by atoms with Crippen molar-refractivity contribution in [3.8, 4) is 0 Å². The molecule has 94 valence electrons. The van der Waals surface area contributed by atoms with Crippen molar-refractivity contribution < 1.29 is 5.11 Å². The summed E-state index contributed by atoms with van der Waals surface area (Å²) in [6.45, 7) is 2.06. The van der Waals surface area contributed by atoms with E-state index < -0.39 is 0 Å². The minimum Gasteiger partial charge on any atom is -0.388 e. The number of fused-ring (bicyclic) bond motifs is 1. The molecule has 1 heterocycles. The summed E-state index contributed by atoms with van der Waals surface area (Å²) in [6.07, 6.45) is 2.80. The lowest BCUT2D eigenvalue weighted by Gasteiger charge is -2.14. The largest absolute Gasteiger partial charge is 0.388 e. The van der Waals surface area contributed by atoms with Gasteiger partial charge in [0.25, 0.3) is 0 Å². The molecule has 1 aromatic carbocycles. The van der Waals surface area contributed by atoms with Crippen LogP contribution in [0.4, 0.5) is 0 Å². The summed E-state index contributed by atoms with van der Waals surface area (Å²) in [6, 6.07) is 8.26. The van der Waals surface area contributed by atoms with Gasteiger partial charge in [-0.15, -0.1) is 11.3 Å². The van der Waals surface area contributed by atoms with Gasteiger partial charge in [0.1, 0.15) is 0 Å². The quantitative estimate of drug-likeness (QED) is 0.917. The molecule has 3 heteroatoms. The molecule has 2 nitrogen and oxygen atoms in total. The summed E-state index contributed by atoms with van der Waals surface area (Å²) in [5, 5.41) is 10.3. The van der Waals surface area contributed by atoms with Crippen LogP contribution < -0.4 is 0 Å². The van der Waals surface area contributed by atoms with Crippen molar-refractivity contribution in [2.75, 3.05) is 0 Å². The Morgan fingerprint density at radius 1 is 1.39 bits per heavy atom. The van der Waals surface area contributed by atoms with Crippen LogP contribution in [-0.2, 0) is 12.8 Å². The normalized spacial score (nSPS) is 22.1. The molecule has 1 N–H and O–H groups in total. The maximum Gasteiger partial charge on any atom is 0.0824 e. The highest BCUT2D eigenvalue weighted by Crippen LogP contribution is 2.38. The van der Waals surface area contributed by atoms with Crippen LogP contribution >= 0.6 is 11.3 Å². The van der Waals surface area contributed by atoms with Crippen LogP contribution in [0, 0.1) is 12.8 Å². The lowest BCUT2D eigenvalue weighted by atomic mass is 9.97. The fourth-order valence-electron chi connectivity index (χ4n) is 2.80. The van der Waals surface area contributed by atoms with E-state index in [0.717, 1.165) is 30.5 Å². The van der Waals surface area contributed by atoms with Crippen LogP contribution in [0.1, 0.15) is 34.2 Å². The van der Waals surface area contributed by atoms with Crippen LogP contribution in [0.15, 0.2) is 29.8 Å². The van der Waals surface area contributed by atoms with Gasteiger partial charge in [-0.3, -0.25) is 0 Å². The van der Waals surface area contributed by atoms with Gasteiger partial charge < -0.3 is 5.11 Å². The number of benzene rings is 1. The number of aliphatic hydroxyl groups is 1. The smallest absolute Gasteiger partial charge is 0.0824 e. The molecule has 0 amide bonds.